The summed E-state index contributed by atoms with van der Waals surface area (Å²) in [6, 6.07) is 10.8. The Morgan fingerprint density at radius 2 is 1.57 bits per heavy atom. The molecule has 2 amide bonds. The number of amidine groups is 2. The number of benzene rings is 2. The van der Waals surface area contributed by atoms with E-state index in [4.69, 9.17) is 95.0 Å². The van der Waals surface area contributed by atoms with Crippen molar-refractivity contribution in [3.63, 3.8) is 0 Å². The maximum atomic E-state index is 14.6. The number of carbonyl (C=O) groups excluding carboxylic acids is 2. The van der Waals surface area contributed by atoms with E-state index in [2.05, 4.69) is 19.9 Å². The SMILES string of the molecule is N=C(NC(=O)OCC(Cl)(Cl)Cl)c1ccc(OCC2CCN(CCCOc3ccc(C(N)=NC(=O)OCC(Cl)(Cl)Cl)cc3)CC2)cc1F. The summed E-state index contributed by atoms with van der Waals surface area (Å²) in [4.78, 5) is 29.4. The summed E-state index contributed by atoms with van der Waals surface area (Å²) >= 11 is 33.2. The number of likely N-dealkylation sites (tertiary alicyclic amines) is 1. The second kappa shape index (κ2) is 18.4. The highest BCUT2D eigenvalue weighted by Crippen LogP contribution is 2.27. The summed E-state index contributed by atoms with van der Waals surface area (Å²) < 4.78 is 32.1. The molecule has 0 spiro atoms. The number of rotatable bonds is 12. The summed E-state index contributed by atoms with van der Waals surface area (Å²) in [5, 5.41) is 10.0. The number of nitrogens with zero attached hydrogens (tertiary/aromatic N) is 2. The fraction of sp³-hybridized carbons (Fsp3) is 0.448. The Labute approximate surface area is 301 Å². The maximum Gasteiger partial charge on any atom is 0.435 e. The summed E-state index contributed by atoms with van der Waals surface area (Å²) in [6.45, 7) is 2.62. The van der Waals surface area contributed by atoms with Crippen LogP contribution in [0.2, 0.25) is 0 Å². The second-order valence-corrected chi connectivity index (χ2v) is 15.4. The molecule has 258 valence electrons. The van der Waals surface area contributed by atoms with E-state index in [1.807, 2.05) is 0 Å². The number of ether oxygens (including phenoxy) is 4. The number of amides is 2. The van der Waals surface area contributed by atoms with Gasteiger partial charge in [0.2, 0.25) is 7.59 Å². The van der Waals surface area contributed by atoms with Crippen molar-refractivity contribution in [3.05, 3.63) is 59.4 Å². The zero-order valence-electron chi connectivity index (χ0n) is 24.8. The number of aliphatic imine (C=N–C) groups is 1. The molecule has 1 aliphatic rings. The average molecular weight is 778 g/mol. The van der Waals surface area contributed by atoms with Crippen LogP contribution in [-0.4, -0.2) is 82.4 Å². The molecular weight excluding hydrogens is 746 g/mol. The predicted molar refractivity (Wildman–Crippen MR) is 182 cm³/mol. The van der Waals surface area contributed by atoms with Crippen molar-refractivity contribution in [3.8, 4) is 11.5 Å². The van der Waals surface area contributed by atoms with E-state index in [-0.39, 0.29) is 11.4 Å². The number of carbonyl (C=O) groups is 2. The van der Waals surface area contributed by atoms with E-state index in [0.717, 1.165) is 45.0 Å². The summed E-state index contributed by atoms with van der Waals surface area (Å²) in [7, 11) is 0. The minimum atomic E-state index is -1.81. The Kier molecular flexibility index (Phi) is 15.2. The van der Waals surface area contributed by atoms with Crippen molar-refractivity contribution >= 4 is 93.5 Å². The van der Waals surface area contributed by atoms with Gasteiger partial charge in [-0.05, 0) is 74.7 Å². The minimum absolute atomic E-state index is 0.0453. The molecule has 47 heavy (non-hydrogen) atoms. The third kappa shape index (κ3) is 15.1. The van der Waals surface area contributed by atoms with Crippen LogP contribution in [0.25, 0.3) is 0 Å². The van der Waals surface area contributed by atoms with Crippen LogP contribution in [0.1, 0.15) is 30.4 Å². The highest BCUT2D eigenvalue weighted by Gasteiger charge is 2.24. The molecule has 0 aliphatic carbocycles. The van der Waals surface area contributed by atoms with Crippen LogP contribution < -0.4 is 20.5 Å². The van der Waals surface area contributed by atoms with Gasteiger partial charge in [-0.3, -0.25) is 10.7 Å². The van der Waals surface area contributed by atoms with Crippen LogP contribution in [0.5, 0.6) is 11.5 Å². The van der Waals surface area contributed by atoms with Crippen molar-refractivity contribution < 1.29 is 32.9 Å². The van der Waals surface area contributed by atoms with Gasteiger partial charge in [0.15, 0.2) is 0 Å². The van der Waals surface area contributed by atoms with Gasteiger partial charge in [-0.25, -0.2) is 14.0 Å². The lowest BCUT2D eigenvalue weighted by Gasteiger charge is -2.31. The van der Waals surface area contributed by atoms with E-state index in [1.54, 1.807) is 24.3 Å². The first kappa shape index (κ1) is 39.0. The number of piperidine rings is 1. The number of alkyl halides is 6. The second-order valence-electron chi connectivity index (χ2n) is 10.3. The van der Waals surface area contributed by atoms with Gasteiger partial charge in [0.05, 0.1) is 18.8 Å². The topological polar surface area (TPSA) is 149 Å². The number of alkyl carbamates (subject to hydrolysis) is 1. The third-order valence-electron chi connectivity index (χ3n) is 6.61. The van der Waals surface area contributed by atoms with Gasteiger partial charge >= 0.3 is 12.2 Å². The number of hydrogen-bond donors (Lipinski definition) is 3. The molecule has 0 bridgehead atoms. The van der Waals surface area contributed by atoms with Crippen LogP contribution in [-0.2, 0) is 9.47 Å². The molecule has 0 atom stereocenters. The molecule has 0 saturated carbocycles. The first-order valence-electron chi connectivity index (χ1n) is 14.1. The Balaban J connectivity index is 1.32. The molecule has 0 aromatic heterocycles. The minimum Gasteiger partial charge on any atom is -0.494 e. The fourth-order valence-electron chi connectivity index (χ4n) is 4.27. The van der Waals surface area contributed by atoms with Gasteiger partial charge in [0, 0.05) is 18.2 Å². The van der Waals surface area contributed by atoms with Crippen molar-refractivity contribution in [1.82, 2.24) is 10.2 Å². The van der Waals surface area contributed by atoms with Crippen LogP contribution in [0.4, 0.5) is 14.0 Å². The van der Waals surface area contributed by atoms with E-state index < -0.39 is 44.6 Å². The average Bonchev–Trinajstić information content (AvgIpc) is 3.00. The summed E-state index contributed by atoms with van der Waals surface area (Å²) in [5.41, 5.74) is 6.21. The van der Waals surface area contributed by atoms with Crippen LogP contribution in [0, 0.1) is 17.1 Å². The monoisotopic (exact) mass is 775 g/mol. The Morgan fingerprint density at radius 1 is 0.957 bits per heavy atom. The molecule has 11 nitrogen and oxygen atoms in total. The van der Waals surface area contributed by atoms with Gasteiger partial charge in [0.25, 0.3) is 0 Å². The van der Waals surface area contributed by atoms with E-state index in [9.17, 15) is 14.0 Å². The van der Waals surface area contributed by atoms with Crippen molar-refractivity contribution in [1.29, 1.82) is 5.41 Å². The molecule has 1 aliphatic heterocycles. The lowest BCUT2D eigenvalue weighted by molar-refractivity contribution is 0.135. The van der Waals surface area contributed by atoms with Crippen molar-refractivity contribution in [2.75, 3.05) is 46.1 Å². The number of nitrogens with two attached hydrogens (primary N) is 1. The molecule has 1 saturated heterocycles. The highest BCUT2D eigenvalue weighted by molar-refractivity contribution is 6.68. The van der Waals surface area contributed by atoms with E-state index in [1.165, 1.54) is 12.1 Å². The first-order valence-corrected chi connectivity index (χ1v) is 16.4. The smallest absolute Gasteiger partial charge is 0.435 e. The summed E-state index contributed by atoms with van der Waals surface area (Å²) in [6.07, 6.45) is 0.649. The quantitative estimate of drug-likeness (QED) is 0.0902. The zero-order valence-corrected chi connectivity index (χ0v) is 29.3. The molecule has 0 unspecified atom stereocenters. The number of halogens is 7. The van der Waals surface area contributed by atoms with Crippen molar-refractivity contribution in [2.24, 2.45) is 16.6 Å². The van der Waals surface area contributed by atoms with Gasteiger partial charge in [-0.2, -0.15) is 4.99 Å². The molecule has 1 heterocycles. The molecule has 0 radical (unpaired) electrons. The Hall–Kier alpha value is -2.45. The molecule has 2 aromatic rings. The van der Waals surface area contributed by atoms with Gasteiger partial charge in [-0.15, -0.1) is 0 Å². The molecule has 1 fully saturated rings. The standard InChI is InChI=1S/C29H32Cl6FN5O6/c30-28(31,32)16-46-26(42)39-24(37)19-2-4-20(5-3-19)44-13-1-10-41-11-8-18(9-12-41)15-45-21-6-7-22(23(36)14-21)25(38)40-27(43)47-17-29(33,34)35/h2-7,14,18H,1,8-13,15-17H2,(H2,37,39,42)(H2,38,40,43). The number of hydrogen-bond acceptors (Lipinski definition) is 8. The molecule has 4 N–H and O–H groups in total. The zero-order chi connectivity index (χ0) is 34.6. The highest BCUT2D eigenvalue weighted by atomic mass is 35.6. The fourth-order valence-corrected chi connectivity index (χ4v) is 4.60. The maximum absolute atomic E-state index is 14.6. The number of nitrogens with one attached hydrogen (secondary N) is 2. The van der Waals surface area contributed by atoms with Crippen LogP contribution in [0.3, 0.4) is 0 Å². The van der Waals surface area contributed by atoms with Crippen molar-refractivity contribution in [2.45, 2.75) is 26.8 Å². The molecular formula is C29H32Cl6FN5O6. The van der Waals surface area contributed by atoms with Crippen LogP contribution in [0.15, 0.2) is 47.5 Å². The largest absolute Gasteiger partial charge is 0.494 e. The summed E-state index contributed by atoms with van der Waals surface area (Å²) in [5.74, 6) is -0.0171. The Morgan fingerprint density at radius 3 is 2.19 bits per heavy atom. The lowest BCUT2D eigenvalue weighted by atomic mass is 9.97. The van der Waals surface area contributed by atoms with Gasteiger partial charge in [0.1, 0.15) is 42.2 Å². The molecule has 18 heteroatoms. The molecule has 2 aromatic carbocycles. The molecule has 3 rings (SSSR count). The van der Waals surface area contributed by atoms with E-state index in [0.29, 0.717) is 36.2 Å². The van der Waals surface area contributed by atoms with Gasteiger partial charge < -0.3 is 29.6 Å². The normalized spacial score (nSPS) is 14.7. The lowest BCUT2D eigenvalue weighted by Crippen LogP contribution is -2.36. The van der Waals surface area contributed by atoms with E-state index >= 15 is 0 Å². The predicted octanol–water partition coefficient (Wildman–Crippen LogP) is 7.02. The van der Waals surface area contributed by atoms with Crippen LogP contribution >= 0.6 is 69.6 Å². The third-order valence-corrected chi connectivity index (χ3v) is 7.26. The first-order chi connectivity index (χ1) is 22.1. The van der Waals surface area contributed by atoms with Gasteiger partial charge in [-0.1, -0.05) is 69.6 Å². The Bertz CT molecular complexity index is 1400.